The molecule has 0 aliphatic carbocycles. The number of halogens is 5. The topological polar surface area (TPSA) is 15.3 Å². The quantitative estimate of drug-likeness (QED) is 0.841. The molecule has 1 aliphatic heterocycles. The van der Waals surface area contributed by atoms with Crippen LogP contribution in [-0.2, 0) is 12.7 Å². The zero-order chi connectivity index (χ0) is 14.8. The molecule has 120 valence electrons. The third-order valence-corrected chi connectivity index (χ3v) is 4.22. The molecule has 0 saturated carbocycles. The summed E-state index contributed by atoms with van der Waals surface area (Å²) in [6.45, 7) is 2.19. The van der Waals surface area contributed by atoms with E-state index < -0.39 is 11.7 Å². The van der Waals surface area contributed by atoms with Gasteiger partial charge in [-0.2, -0.15) is 13.2 Å². The van der Waals surface area contributed by atoms with Crippen molar-refractivity contribution in [3.8, 4) is 0 Å². The van der Waals surface area contributed by atoms with Crippen LogP contribution in [-0.4, -0.2) is 31.1 Å². The summed E-state index contributed by atoms with van der Waals surface area (Å²) in [7, 11) is 1.90. The third-order valence-electron chi connectivity index (χ3n) is 3.73. The molecular formula is C14H19BrClF3N2. The molecule has 7 heteroatoms. The molecule has 0 atom stereocenters. The van der Waals surface area contributed by atoms with Crippen molar-refractivity contribution in [1.29, 1.82) is 0 Å². The number of hydrogen-bond donors (Lipinski definition) is 1. The lowest BCUT2D eigenvalue weighted by molar-refractivity contribution is -0.138. The van der Waals surface area contributed by atoms with Gasteiger partial charge in [0.15, 0.2) is 0 Å². The van der Waals surface area contributed by atoms with Gasteiger partial charge < -0.3 is 5.32 Å². The van der Waals surface area contributed by atoms with E-state index in [0.717, 1.165) is 32.0 Å². The number of alkyl halides is 3. The summed E-state index contributed by atoms with van der Waals surface area (Å²) in [6.07, 6.45) is -2.35. The Labute approximate surface area is 137 Å². The van der Waals surface area contributed by atoms with Crippen LogP contribution >= 0.6 is 28.3 Å². The molecule has 2 nitrogen and oxygen atoms in total. The first-order valence-electron chi connectivity index (χ1n) is 6.64. The van der Waals surface area contributed by atoms with Gasteiger partial charge in [0.2, 0.25) is 0 Å². The Morgan fingerprint density at radius 1 is 1.29 bits per heavy atom. The summed E-state index contributed by atoms with van der Waals surface area (Å²) >= 11 is 3.11. The van der Waals surface area contributed by atoms with Crippen molar-refractivity contribution in [3.63, 3.8) is 0 Å². The third kappa shape index (κ3) is 5.13. The van der Waals surface area contributed by atoms with Crippen LogP contribution in [0.5, 0.6) is 0 Å². The molecule has 21 heavy (non-hydrogen) atoms. The van der Waals surface area contributed by atoms with Crippen molar-refractivity contribution in [2.24, 2.45) is 0 Å². The molecule has 0 unspecified atom stereocenters. The van der Waals surface area contributed by atoms with Crippen molar-refractivity contribution < 1.29 is 13.2 Å². The average Bonchev–Trinajstić information content (AvgIpc) is 2.40. The zero-order valence-electron chi connectivity index (χ0n) is 11.7. The molecule has 1 aliphatic rings. The van der Waals surface area contributed by atoms with Gasteiger partial charge in [-0.25, -0.2) is 0 Å². The highest BCUT2D eigenvalue weighted by Gasteiger charge is 2.34. The summed E-state index contributed by atoms with van der Waals surface area (Å²) in [5, 5.41) is 3.26. The first-order valence-corrected chi connectivity index (χ1v) is 7.44. The van der Waals surface area contributed by atoms with E-state index >= 15 is 0 Å². The SMILES string of the molecule is CN(Cc1ccc(Br)cc1C(F)(F)F)C1CCNCC1.Cl. The van der Waals surface area contributed by atoms with Crippen LogP contribution < -0.4 is 5.32 Å². The largest absolute Gasteiger partial charge is 0.416 e. The van der Waals surface area contributed by atoms with E-state index in [1.165, 1.54) is 0 Å². The van der Waals surface area contributed by atoms with Crippen molar-refractivity contribution in [2.75, 3.05) is 20.1 Å². The van der Waals surface area contributed by atoms with Gasteiger partial charge in [0.1, 0.15) is 0 Å². The summed E-state index contributed by atoms with van der Waals surface area (Å²) in [5.41, 5.74) is -0.214. The first kappa shape index (κ1) is 18.7. The molecule has 1 heterocycles. The summed E-state index contributed by atoms with van der Waals surface area (Å²) < 4.78 is 39.7. The highest BCUT2D eigenvalue weighted by Crippen LogP contribution is 2.34. The minimum absolute atomic E-state index is 0. The zero-order valence-corrected chi connectivity index (χ0v) is 14.1. The normalized spacial score (nSPS) is 16.9. The number of rotatable bonds is 3. The predicted octanol–water partition coefficient (Wildman–Crippen LogP) is 4.07. The standard InChI is InChI=1S/C14H18BrF3N2.ClH/c1-20(12-4-6-19-7-5-12)9-10-2-3-11(15)8-13(10)14(16,17)18;/h2-3,8,12,19H,4-7,9H2,1H3;1H. The molecule has 0 radical (unpaired) electrons. The smallest absolute Gasteiger partial charge is 0.317 e. The van der Waals surface area contributed by atoms with Gasteiger partial charge in [-0.3, -0.25) is 4.90 Å². The molecule has 0 bridgehead atoms. The second-order valence-electron chi connectivity index (χ2n) is 5.20. The highest BCUT2D eigenvalue weighted by molar-refractivity contribution is 9.10. The molecule has 2 rings (SSSR count). The number of piperidine rings is 1. The summed E-state index contributed by atoms with van der Waals surface area (Å²) in [4.78, 5) is 2.03. The fraction of sp³-hybridized carbons (Fsp3) is 0.571. The van der Waals surface area contributed by atoms with Gasteiger partial charge in [-0.1, -0.05) is 22.0 Å². The molecule has 1 aromatic rings. The average molecular weight is 388 g/mol. The van der Waals surface area contributed by atoms with Gasteiger partial charge >= 0.3 is 6.18 Å². The monoisotopic (exact) mass is 386 g/mol. The number of nitrogens with one attached hydrogen (secondary N) is 1. The van der Waals surface area contributed by atoms with E-state index in [0.29, 0.717) is 22.6 Å². The summed E-state index contributed by atoms with van der Waals surface area (Å²) in [6, 6.07) is 4.73. The van der Waals surface area contributed by atoms with Crippen LogP contribution in [0.4, 0.5) is 13.2 Å². The van der Waals surface area contributed by atoms with Crippen molar-refractivity contribution in [1.82, 2.24) is 10.2 Å². The predicted molar refractivity (Wildman–Crippen MR) is 83.8 cm³/mol. The second-order valence-corrected chi connectivity index (χ2v) is 6.11. The molecule has 0 aromatic heterocycles. The maximum atomic E-state index is 13.1. The van der Waals surface area contributed by atoms with Crippen LogP contribution in [0.3, 0.4) is 0 Å². The van der Waals surface area contributed by atoms with Crippen LogP contribution in [0.15, 0.2) is 22.7 Å². The summed E-state index contributed by atoms with van der Waals surface area (Å²) in [5.74, 6) is 0. The lowest BCUT2D eigenvalue weighted by atomic mass is 10.0. The van der Waals surface area contributed by atoms with Gasteiger partial charge in [-0.05, 0) is 50.7 Å². The van der Waals surface area contributed by atoms with E-state index in [9.17, 15) is 13.2 Å². The van der Waals surface area contributed by atoms with E-state index in [2.05, 4.69) is 21.2 Å². The lowest BCUT2D eigenvalue weighted by Crippen LogP contribution is -2.41. The van der Waals surface area contributed by atoms with E-state index in [1.54, 1.807) is 12.1 Å². The van der Waals surface area contributed by atoms with Gasteiger partial charge in [0.05, 0.1) is 5.56 Å². The molecular weight excluding hydrogens is 369 g/mol. The second kappa shape index (κ2) is 7.81. The maximum absolute atomic E-state index is 13.1. The Bertz CT molecular complexity index is 462. The Morgan fingerprint density at radius 2 is 1.90 bits per heavy atom. The molecule has 0 amide bonds. The minimum Gasteiger partial charge on any atom is -0.317 e. The van der Waals surface area contributed by atoms with Gasteiger partial charge in [0, 0.05) is 17.1 Å². The van der Waals surface area contributed by atoms with Crippen LogP contribution in [0.2, 0.25) is 0 Å². The molecule has 0 spiro atoms. The molecule has 1 N–H and O–H groups in total. The number of hydrogen-bond acceptors (Lipinski definition) is 2. The lowest BCUT2D eigenvalue weighted by Gasteiger charge is -2.32. The highest BCUT2D eigenvalue weighted by atomic mass is 79.9. The first-order chi connectivity index (χ1) is 9.38. The molecule has 1 aromatic carbocycles. The Balaban J connectivity index is 0.00000220. The minimum atomic E-state index is -4.31. The number of benzene rings is 1. The van der Waals surface area contributed by atoms with E-state index in [-0.39, 0.29) is 12.4 Å². The van der Waals surface area contributed by atoms with Crippen molar-refractivity contribution in [2.45, 2.75) is 31.6 Å². The molecule has 1 fully saturated rings. The fourth-order valence-corrected chi connectivity index (χ4v) is 2.96. The fourth-order valence-electron chi connectivity index (χ4n) is 2.60. The van der Waals surface area contributed by atoms with Crippen LogP contribution in [0.1, 0.15) is 24.0 Å². The maximum Gasteiger partial charge on any atom is 0.416 e. The van der Waals surface area contributed by atoms with Gasteiger partial charge in [0.25, 0.3) is 0 Å². The number of nitrogens with zero attached hydrogens (tertiary/aromatic N) is 1. The van der Waals surface area contributed by atoms with Crippen molar-refractivity contribution in [3.05, 3.63) is 33.8 Å². The molecule has 1 saturated heterocycles. The Kier molecular flexibility index (Phi) is 6.97. The van der Waals surface area contributed by atoms with Crippen LogP contribution in [0, 0.1) is 0 Å². The Hall–Kier alpha value is -0.300. The van der Waals surface area contributed by atoms with E-state index in [1.807, 2.05) is 11.9 Å². The van der Waals surface area contributed by atoms with Crippen molar-refractivity contribution >= 4 is 28.3 Å². The Morgan fingerprint density at radius 3 is 2.48 bits per heavy atom. The van der Waals surface area contributed by atoms with Crippen LogP contribution in [0.25, 0.3) is 0 Å². The van der Waals surface area contributed by atoms with E-state index in [4.69, 9.17) is 0 Å². The van der Waals surface area contributed by atoms with Gasteiger partial charge in [-0.15, -0.1) is 12.4 Å².